The monoisotopic (exact) mass is 323 g/mol. The molecular formula is C15H21N3O5. The molecule has 0 aromatic carbocycles. The van der Waals surface area contributed by atoms with Crippen LogP contribution in [0.25, 0.3) is 0 Å². The van der Waals surface area contributed by atoms with Gasteiger partial charge in [-0.1, -0.05) is 19.3 Å². The summed E-state index contributed by atoms with van der Waals surface area (Å²) in [6.07, 6.45) is 6.15. The van der Waals surface area contributed by atoms with E-state index in [1.54, 1.807) is 0 Å². The van der Waals surface area contributed by atoms with Crippen LogP contribution in [0.2, 0.25) is 0 Å². The largest absolute Gasteiger partial charge is 0.501 e. The third-order valence-electron chi connectivity index (χ3n) is 3.67. The van der Waals surface area contributed by atoms with Gasteiger partial charge in [0.25, 0.3) is 5.88 Å². The first-order chi connectivity index (χ1) is 11.1. The second-order valence-electron chi connectivity index (χ2n) is 5.42. The SMILES string of the molecule is NCC(=O)NC(=O)Oc1nccc(OCC2CCCCC2)c1O. The van der Waals surface area contributed by atoms with Crippen LogP contribution in [0.15, 0.2) is 12.3 Å². The van der Waals surface area contributed by atoms with Crippen molar-refractivity contribution in [1.82, 2.24) is 10.3 Å². The molecule has 1 fully saturated rings. The number of carbonyl (C=O) groups is 2. The zero-order valence-corrected chi connectivity index (χ0v) is 12.8. The lowest BCUT2D eigenvalue weighted by Gasteiger charge is -2.21. The fourth-order valence-corrected chi connectivity index (χ4v) is 2.45. The smallest absolute Gasteiger partial charge is 0.420 e. The Morgan fingerprint density at radius 1 is 1.35 bits per heavy atom. The predicted molar refractivity (Wildman–Crippen MR) is 81.2 cm³/mol. The zero-order valence-electron chi connectivity index (χ0n) is 12.8. The van der Waals surface area contributed by atoms with Crippen LogP contribution in [0.3, 0.4) is 0 Å². The number of hydrogen-bond acceptors (Lipinski definition) is 7. The van der Waals surface area contributed by atoms with E-state index in [0.29, 0.717) is 12.5 Å². The first-order valence-electron chi connectivity index (χ1n) is 7.62. The summed E-state index contributed by atoms with van der Waals surface area (Å²) in [5.41, 5.74) is 5.07. The number of amides is 2. The molecule has 1 aliphatic rings. The summed E-state index contributed by atoms with van der Waals surface area (Å²) in [4.78, 5) is 26.2. The normalized spacial score (nSPS) is 15.0. The van der Waals surface area contributed by atoms with Crippen LogP contribution < -0.4 is 20.5 Å². The Labute approximate surface area is 134 Å². The molecule has 1 aromatic heterocycles. The summed E-state index contributed by atoms with van der Waals surface area (Å²) in [5, 5.41) is 11.9. The summed E-state index contributed by atoms with van der Waals surface area (Å²) in [5.74, 6) is -0.740. The molecule has 8 nitrogen and oxygen atoms in total. The maximum absolute atomic E-state index is 11.4. The number of hydrogen-bond donors (Lipinski definition) is 3. The number of imide groups is 1. The number of rotatable bonds is 5. The second kappa shape index (κ2) is 8.33. The average Bonchev–Trinajstić information content (AvgIpc) is 2.56. The Kier molecular flexibility index (Phi) is 6.16. The quantitative estimate of drug-likeness (QED) is 0.746. The highest BCUT2D eigenvalue weighted by Crippen LogP contribution is 2.34. The molecular weight excluding hydrogens is 302 g/mol. The van der Waals surface area contributed by atoms with Gasteiger partial charge in [-0.05, 0) is 18.8 Å². The van der Waals surface area contributed by atoms with Crippen molar-refractivity contribution in [2.75, 3.05) is 13.2 Å². The lowest BCUT2D eigenvalue weighted by atomic mass is 9.90. The van der Waals surface area contributed by atoms with E-state index in [1.165, 1.54) is 31.5 Å². The Hall–Kier alpha value is -2.35. The van der Waals surface area contributed by atoms with Crippen LogP contribution >= 0.6 is 0 Å². The Morgan fingerprint density at radius 3 is 2.78 bits per heavy atom. The molecule has 8 heteroatoms. The number of nitrogens with two attached hydrogens (primary N) is 1. The van der Waals surface area contributed by atoms with Crippen molar-refractivity contribution in [3.63, 3.8) is 0 Å². The maximum atomic E-state index is 11.4. The van der Waals surface area contributed by atoms with E-state index >= 15 is 0 Å². The molecule has 0 spiro atoms. The molecule has 1 aliphatic carbocycles. The molecule has 2 amide bonds. The van der Waals surface area contributed by atoms with Gasteiger partial charge in [0.2, 0.25) is 11.7 Å². The van der Waals surface area contributed by atoms with Gasteiger partial charge < -0.3 is 20.3 Å². The minimum atomic E-state index is -1.06. The van der Waals surface area contributed by atoms with Crippen LogP contribution in [0.1, 0.15) is 32.1 Å². The number of aromatic hydroxyl groups is 1. The molecule has 1 saturated carbocycles. The molecule has 0 radical (unpaired) electrons. The molecule has 1 heterocycles. The van der Waals surface area contributed by atoms with Gasteiger partial charge in [0.15, 0.2) is 5.75 Å². The summed E-state index contributed by atoms with van der Waals surface area (Å²) >= 11 is 0. The van der Waals surface area contributed by atoms with Crippen molar-refractivity contribution in [1.29, 1.82) is 0 Å². The van der Waals surface area contributed by atoms with E-state index in [-0.39, 0.29) is 23.9 Å². The number of carbonyl (C=O) groups excluding carboxylic acids is 2. The number of nitrogens with zero attached hydrogens (tertiary/aromatic N) is 1. The molecule has 4 N–H and O–H groups in total. The van der Waals surface area contributed by atoms with Gasteiger partial charge in [-0.25, -0.2) is 9.78 Å². The summed E-state index contributed by atoms with van der Waals surface area (Å²) in [6.45, 7) is 0.147. The Bertz CT molecular complexity index is 558. The van der Waals surface area contributed by atoms with Gasteiger partial charge in [-0.2, -0.15) is 0 Å². The molecule has 0 atom stereocenters. The van der Waals surface area contributed by atoms with Gasteiger partial charge in [-0.15, -0.1) is 0 Å². The summed E-state index contributed by atoms with van der Waals surface area (Å²) in [6, 6.07) is 1.49. The van der Waals surface area contributed by atoms with E-state index in [9.17, 15) is 14.7 Å². The van der Waals surface area contributed by atoms with E-state index in [1.807, 2.05) is 5.32 Å². The Balaban J connectivity index is 1.94. The first kappa shape index (κ1) is 17.0. The van der Waals surface area contributed by atoms with Crippen LogP contribution in [-0.2, 0) is 4.79 Å². The van der Waals surface area contributed by atoms with E-state index in [0.717, 1.165) is 12.8 Å². The highest BCUT2D eigenvalue weighted by Gasteiger charge is 2.18. The molecule has 2 rings (SSSR count). The van der Waals surface area contributed by atoms with Crippen LogP contribution in [0, 0.1) is 5.92 Å². The molecule has 0 aliphatic heterocycles. The minimum Gasteiger partial charge on any atom is -0.501 e. The fourth-order valence-electron chi connectivity index (χ4n) is 2.45. The van der Waals surface area contributed by atoms with E-state index in [4.69, 9.17) is 15.2 Å². The van der Waals surface area contributed by atoms with Crippen molar-refractivity contribution >= 4 is 12.0 Å². The van der Waals surface area contributed by atoms with Crippen molar-refractivity contribution in [2.45, 2.75) is 32.1 Å². The van der Waals surface area contributed by atoms with E-state index in [2.05, 4.69) is 4.98 Å². The van der Waals surface area contributed by atoms with Crippen molar-refractivity contribution in [3.05, 3.63) is 12.3 Å². The molecule has 23 heavy (non-hydrogen) atoms. The topological polar surface area (TPSA) is 124 Å². The van der Waals surface area contributed by atoms with Crippen LogP contribution in [0.5, 0.6) is 17.4 Å². The van der Waals surface area contributed by atoms with Gasteiger partial charge in [-0.3, -0.25) is 10.1 Å². The molecule has 0 bridgehead atoms. The summed E-state index contributed by atoms with van der Waals surface area (Å²) < 4.78 is 10.4. The van der Waals surface area contributed by atoms with Crippen molar-refractivity contribution < 1.29 is 24.2 Å². The van der Waals surface area contributed by atoms with Gasteiger partial charge in [0, 0.05) is 12.3 Å². The molecule has 0 saturated heterocycles. The number of ether oxygens (including phenoxy) is 2. The highest BCUT2D eigenvalue weighted by molar-refractivity contribution is 5.93. The molecule has 126 valence electrons. The van der Waals surface area contributed by atoms with Crippen LogP contribution in [0.4, 0.5) is 4.79 Å². The highest BCUT2D eigenvalue weighted by atomic mass is 16.6. The molecule has 0 unspecified atom stereocenters. The lowest BCUT2D eigenvalue weighted by Crippen LogP contribution is -2.37. The van der Waals surface area contributed by atoms with Gasteiger partial charge in [0.1, 0.15) is 0 Å². The minimum absolute atomic E-state index is 0.193. The average molecular weight is 323 g/mol. The van der Waals surface area contributed by atoms with Crippen molar-refractivity contribution in [2.24, 2.45) is 11.7 Å². The fraction of sp³-hybridized carbons (Fsp3) is 0.533. The lowest BCUT2D eigenvalue weighted by molar-refractivity contribution is -0.118. The number of pyridine rings is 1. The molecule has 1 aromatic rings. The predicted octanol–water partition coefficient (Wildman–Crippen LogP) is 1.32. The first-order valence-corrected chi connectivity index (χ1v) is 7.62. The Morgan fingerprint density at radius 2 is 2.09 bits per heavy atom. The third kappa shape index (κ3) is 5.10. The summed E-state index contributed by atoms with van der Waals surface area (Å²) in [7, 11) is 0. The van der Waals surface area contributed by atoms with Gasteiger partial charge >= 0.3 is 6.09 Å². The number of nitrogens with one attached hydrogen (secondary N) is 1. The number of aromatic nitrogens is 1. The van der Waals surface area contributed by atoms with Gasteiger partial charge in [0.05, 0.1) is 13.2 Å². The van der Waals surface area contributed by atoms with E-state index < -0.39 is 12.0 Å². The van der Waals surface area contributed by atoms with Crippen LogP contribution in [-0.4, -0.2) is 35.2 Å². The zero-order chi connectivity index (χ0) is 16.7. The maximum Gasteiger partial charge on any atom is 0.420 e. The third-order valence-corrected chi connectivity index (χ3v) is 3.67. The van der Waals surface area contributed by atoms with Crippen molar-refractivity contribution in [3.8, 4) is 17.4 Å². The second-order valence-corrected chi connectivity index (χ2v) is 5.42. The standard InChI is InChI=1S/C15H21N3O5/c16-8-12(19)18-15(21)23-14-13(20)11(6-7-17-14)22-9-10-4-2-1-3-5-10/h6-7,10,20H,1-5,8-9,16H2,(H,18,19,21).